The Morgan fingerprint density at radius 3 is 2.39 bits per heavy atom. The highest BCUT2D eigenvalue weighted by Gasteiger charge is 2.15. The number of hydrogen-bond acceptors (Lipinski definition) is 2. The molecule has 0 saturated heterocycles. The Balaban J connectivity index is 0.00000192. The lowest BCUT2D eigenvalue weighted by Crippen LogP contribution is -1.93. The highest BCUT2D eigenvalue weighted by atomic mass is 35.5. The summed E-state index contributed by atoms with van der Waals surface area (Å²) in [7, 11) is 0. The summed E-state index contributed by atoms with van der Waals surface area (Å²) in [6, 6.07) is 12.6. The minimum Gasteiger partial charge on any atom is -0.452 e. The maximum atomic E-state index is 12.3. The average molecular weight is 368 g/mol. The van der Waals surface area contributed by atoms with E-state index in [2.05, 4.69) is 0 Å². The molecular weight excluding hydrogens is 355 g/mol. The first-order chi connectivity index (χ1) is 10.5. The van der Waals surface area contributed by atoms with E-state index in [9.17, 15) is 4.79 Å². The summed E-state index contributed by atoms with van der Waals surface area (Å²) in [5.74, 6) is 0.155. The van der Waals surface area contributed by atoms with E-state index in [-0.39, 0.29) is 18.2 Å². The molecule has 1 heterocycles. The molecule has 0 bridgehead atoms. The molecule has 3 rings (SSSR count). The fraction of sp³-hybridized carbons (Fsp3) is 0.0556. The maximum Gasteiger partial charge on any atom is 0.221 e. The van der Waals surface area contributed by atoms with Gasteiger partial charge in [-0.05, 0) is 48.9 Å². The zero-order valence-corrected chi connectivity index (χ0v) is 14.5. The summed E-state index contributed by atoms with van der Waals surface area (Å²) < 4.78 is 5.64. The highest BCUT2D eigenvalue weighted by Crippen LogP contribution is 2.28. The normalized spacial score (nSPS) is 10.9. The van der Waals surface area contributed by atoms with Gasteiger partial charge in [-0.2, -0.15) is 0 Å². The van der Waals surface area contributed by atoms with Gasteiger partial charge in [0.1, 0.15) is 5.58 Å². The summed E-state index contributed by atoms with van der Waals surface area (Å²) >= 11 is 11.8. The van der Waals surface area contributed by atoms with Crippen molar-refractivity contribution in [2.75, 3.05) is 0 Å². The van der Waals surface area contributed by atoms with Crippen LogP contribution in [0.3, 0.4) is 0 Å². The molecule has 1 aromatic heterocycles. The molecular formula is C18H13Cl3O2. The summed E-state index contributed by atoms with van der Waals surface area (Å²) in [4.78, 5) is 12.3. The van der Waals surface area contributed by atoms with Gasteiger partial charge in [0.25, 0.3) is 0 Å². The topological polar surface area (TPSA) is 30.2 Å². The Hall–Kier alpha value is -1.74. The van der Waals surface area contributed by atoms with E-state index in [0.29, 0.717) is 21.4 Å². The van der Waals surface area contributed by atoms with Crippen molar-refractivity contribution in [3.8, 4) is 0 Å². The molecule has 0 spiro atoms. The number of fused-ring (bicyclic) bond motifs is 1. The third-order valence-electron chi connectivity index (χ3n) is 3.42. The van der Waals surface area contributed by atoms with Crippen molar-refractivity contribution in [1.29, 1.82) is 0 Å². The van der Waals surface area contributed by atoms with E-state index < -0.39 is 0 Å². The van der Waals surface area contributed by atoms with Gasteiger partial charge in [0.05, 0.1) is 0 Å². The average Bonchev–Trinajstić information content (AvgIpc) is 2.83. The predicted octanol–water partition coefficient (Wildman–Crippen LogP) is 6.37. The fourth-order valence-electron chi connectivity index (χ4n) is 2.25. The lowest BCUT2D eigenvalue weighted by molar-refractivity contribution is 0.102. The van der Waals surface area contributed by atoms with Gasteiger partial charge in [-0.1, -0.05) is 41.4 Å². The number of rotatable bonds is 3. The molecule has 5 heteroatoms. The molecule has 0 N–H and O–H groups in total. The van der Waals surface area contributed by atoms with Crippen LogP contribution < -0.4 is 0 Å². The summed E-state index contributed by atoms with van der Waals surface area (Å²) in [5, 5.41) is 2.14. The minimum atomic E-state index is -0.181. The standard InChI is InChI=1S/C18H12Cl2O2.ClH/c1-11-15-10-14(20)7-9-17(15)22-18(11)16(21)8-4-12-2-5-13(19)6-3-12;/h2-10H,1H3;1H. The van der Waals surface area contributed by atoms with Crippen molar-refractivity contribution >= 4 is 58.4 Å². The van der Waals surface area contributed by atoms with Gasteiger partial charge < -0.3 is 4.42 Å². The highest BCUT2D eigenvalue weighted by molar-refractivity contribution is 6.31. The van der Waals surface area contributed by atoms with Gasteiger partial charge in [-0.15, -0.1) is 12.4 Å². The fourth-order valence-corrected chi connectivity index (χ4v) is 2.55. The van der Waals surface area contributed by atoms with Crippen LogP contribution in [0, 0.1) is 6.92 Å². The number of furan rings is 1. The predicted molar refractivity (Wildman–Crippen MR) is 98.0 cm³/mol. The molecule has 0 saturated carbocycles. The zero-order valence-electron chi connectivity index (χ0n) is 12.2. The van der Waals surface area contributed by atoms with Crippen molar-refractivity contribution in [2.45, 2.75) is 6.92 Å². The third kappa shape index (κ3) is 3.78. The van der Waals surface area contributed by atoms with Crippen molar-refractivity contribution in [1.82, 2.24) is 0 Å². The van der Waals surface area contributed by atoms with Gasteiger partial charge >= 0.3 is 0 Å². The maximum absolute atomic E-state index is 12.3. The molecule has 0 aliphatic heterocycles. The van der Waals surface area contributed by atoms with E-state index in [4.69, 9.17) is 27.6 Å². The van der Waals surface area contributed by atoms with Crippen LogP contribution in [0.2, 0.25) is 10.0 Å². The number of halogens is 3. The molecule has 2 nitrogen and oxygen atoms in total. The Kier molecular flexibility index (Phi) is 5.53. The number of aryl methyl sites for hydroxylation is 1. The van der Waals surface area contributed by atoms with Gasteiger partial charge in [0.15, 0.2) is 5.76 Å². The van der Waals surface area contributed by atoms with Crippen molar-refractivity contribution in [2.24, 2.45) is 0 Å². The second-order valence-electron chi connectivity index (χ2n) is 4.95. The first kappa shape index (κ1) is 17.6. The Morgan fingerprint density at radius 2 is 1.70 bits per heavy atom. The summed E-state index contributed by atoms with van der Waals surface area (Å²) in [6.45, 7) is 1.85. The van der Waals surface area contributed by atoms with Crippen LogP contribution in [-0.2, 0) is 0 Å². The zero-order chi connectivity index (χ0) is 15.7. The van der Waals surface area contributed by atoms with E-state index in [0.717, 1.165) is 16.5 Å². The van der Waals surface area contributed by atoms with Gasteiger partial charge in [0, 0.05) is 21.0 Å². The second kappa shape index (κ2) is 7.22. The Morgan fingerprint density at radius 1 is 1.04 bits per heavy atom. The van der Waals surface area contributed by atoms with Crippen molar-refractivity contribution in [3.63, 3.8) is 0 Å². The van der Waals surface area contributed by atoms with Crippen molar-refractivity contribution in [3.05, 3.63) is 75.5 Å². The number of ketones is 1. The third-order valence-corrected chi connectivity index (χ3v) is 3.91. The van der Waals surface area contributed by atoms with Crippen LogP contribution in [0.5, 0.6) is 0 Å². The van der Waals surface area contributed by atoms with Gasteiger partial charge in [-0.25, -0.2) is 0 Å². The SMILES string of the molecule is Cc1c(C(=O)C=Cc2ccc(Cl)cc2)oc2ccc(Cl)cc12.Cl. The molecule has 2 aromatic carbocycles. The quantitative estimate of drug-likeness (QED) is 0.398. The molecule has 118 valence electrons. The Labute approximate surface area is 150 Å². The largest absolute Gasteiger partial charge is 0.452 e. The minimum absolute atomic E-state index is 0. The Bertz CT molecular complexity index is 877. The smallest absolute Gasteiger partial charge is 0.221 e. The summed E-state index contributed by atoms with van der Waals surface area (Å²) in [5.41, 5.74) is 2.35. The lowest BCUT2D eigenvalue weighted by atomic mass is 10.1. The molecule has 0 fully saturated rings. The summed E-state index contributed by atoms with van der Waals surface area (Å²) in [6.07, 6.45) is 3.23. The molecule has 0 amide bonds. The van der Waals surface area contributed by atoms with Gasteiger partial charge in [-0.3, -0.25) is 4.79 Å². The molecule has 0 radical (unpaired) electrons. The van der Waals surface area contributed by atoms with Crippen LogP contribution in [0.4, 0.5) is 0 Å². The molecule has 3 aromatic rings. The van der Waals surface area contributed by atoms with Crippen LogP contribution in [-0.4, -0.2) is 5.78 Å². The lowest BCUT2D eigenvalue weighted by Gasteiger charge is -1.94. The van der Waals surface area contributed by atoms with E-state index in [1.54, 1.807) is 36.4 Å². The monoisotopic (exact) mass is 366 g/mol. The van der Waals surface area contributed by atoms with Crippen LogP contribution in [0.25, 0.3) is 17.0 Å². The van der Waals surface area contributed by atoms with Gasteiger partial charge in [0.2, 0.25) is 5.78 Å². The van der Waals surface area contributed by atoms with E-state index >= 15 is 0 Å². The van der Waals surface area contributed by atoms with Crippen LogP contribution in [0.15, 0.2) is 53.0 Å². The molecule has 0 unspecified atom stereocenters. The molecule has 0 aliphatic rings. The number of allylic oxidation sites excluding steroid dienone is 1. The van der Waals surface area contributed by atoms with E-state index in [1.807, 2.05) is 19.1 Å². The number of carbonyl (C=O) groups is 1. The van der Waals surface area contributed by atoms with E-state index in [1.165, 1.54) is 6.08 Å². The van der Waals surface area contributed by atoms with Crippen LogP contribution >= 0.6 is 35.6 Å². The number of benzene rings is 2. The molecule has 23 heavy (non-hydrogen) atoms. The second-order valence-corrected chi connectivity index (χ2v) is 5.82. The molecule has 0 atom stereocenters. The molecule has 0 aliphatic carbocycles. The van der Waals surface area contributed by atoms with Crippen LogP contribution in [0.1, 0.15) is 21.7 Å². The van der Waals surface area contributed by atoms with Crippen molar-refractivity contribution < 1.29 is 9.21 Å². The number of hydrogen-bond donors (Lipinski definition) is 0. The first-order valence-electron chi connectivity index (χ1n) is 6.71. The first-order valence-corrected chi connectivity index (χ1v) is 7.47. The number of carbonyl (C=O) groups excluding carboxylic acids is 1.